The fourth-order valence-corrected chi connectivity index (χ4v) is 3.81. The topological polar surface area (TPSA) is 27.7 Å². The number of piperidine rings is 1. The Balaban J connectivity index is 1.54. The third kappa shape index (κ3) is 4.88. The van der Waals surface area contributed by atoms with Crippen LogP contribution < -0.4 is 5.32 Å². The van der Waals surface area contributed by atoms with Gasteiger partial charge in [-0.3, -0.25) is 4.90 Å². The van der Waals surface area contributed by atoms with Gasteiger partial charge in [-0.1, -0.05) is 0 Å². The predicted octanol–water partition coefficient (Wildman–Crippen LogP) is 3.10. The second-order valence-electron chi connectivity index (χ2n) is 6.52. The summed E-state index contributed by atoms with van der Waals surface area (Å²) in [5.41, 5.74) is 0.846. The third-order valence-electron chi connectivity index (χ3n) is 4.87. The van der Waals surface area contributed by atoms with E-state index in [0.29, 0.717) is 6.04 Å². The molecule has 1 aromatic rings. The fraction of sp³-hybridized carbons (Fsp3) is 0.611. The number of ether oxygens (including phenoxy) is 1. The van der Waals surface area contributed by atoms with Crippen LogP contribution in [0, 0.1) is 5.82 Å². The van der Waals surface area contributed by atoms with Gasteiger partial charge >= 0.3 is 0 Å². The van der Waals surface area contributed by atoms with E-state index in [1.807, 2.05) is 0 Å². The molecule has 0 saturated carbocycles. The summed E-state index contributed by atoms with van der Waals surface area (Å²) in [5.74, 6) is -0.229. The van der Waals surface area contributed by atoms with E-state index in [2.05, 4.69) is 15.1 Å². The van der Waals surface area contributed by atoms with Crippen molar-refractivity contribution in [2.45, 2.75) is 31.7 Å². The quantitative estimate of drug-likeness (QED) is 0.842. The third-order valence-corrected chi connectivity index (χ3v) is 5.20. The van der Waals surface area contributed by atoms with E-state index in [4.69, 9.17) is 17.0 Å². The highest BCUT2D eigenvalue weighted by Gasteiger charge is 2.25. The number of likely N-dealkylation sites (tertiary alicyclic amines) is 1. The van der Waals surface area contributed by atoms with Crippen LogP contribution in [-0.2, 0) is 4.74 Å². The van der Waals surface area contributed by atoms with Gasteiger partial charge in [0.05, 0.1) is 13.2 Å². The summed E-state index contributed by atoms with van der Waals surface area (Å²) in [7, 11) is 0. The molecule has 0 aromatic heterocycles. The molecular weight excluding hydrogens is 325 g/mol. The van der Waals surface area contributed by atoms with Gasteiger partial charge in [-0.2, -0.15) is 0 Å². The Labute approximate surface area is 149 Å². The van der Waals surface area contributed by atoms with E-state index in [-0.39, 0.29) is 5.82 Å². The van der Waals surface area contributed by atoms with Gasteiger partial charge in [-0.25, -0.2) is 4.39 Å². The average molecular weight is 351 g/mol. The molecule has 2 aliphatic rings. The SMILES string of the molecule is Fc1ccc(NC(=S)N2CCCCC2CCN2CCOCC2)cc1. The average Bonchev–Trinajstić information content (AvgIpc) is 2.63. The minimum absolute atomic E-state index is 0.229. The number of nitrogens with zero attached hydrogens (tertiary/aromatic N) is 2. The molecule has 1 N–H and O–H groups in total. The van der Waals surface area contributed by atoms with Crippen LogP contribution in [-0.4, -0.2) is 60.3 Å². The molecule has 0 spiro atoms. The summed E-state index contributed by atoms with van der Waals surface area (Å²) >= 11 is 5.62. The van der Waals surface area contributed by atoms with Crippen LogP contribution in [0.25, 0.3) is 0 Å². The lowest BCUT2D eigenvalue weighted by Gasteiger charge is -2.39. The number of benzene rings is 1. The van der Waals surface area contributed by atoms with Gasteiger partial charge in [0, 0.05) is 37.9 Å². The maximum absolute atomic E-state index is 13.0. The second kappa shape index (κ2) is 8.74. The molecule has 132 valence electrons. The normalized spacial score (nSPS) is 22.4. The summed E-state index contributed by atoms with van der Waals surface area (Å²) in [6, 6.07) is 6.86. The van der Waals surface area contributed by atoms with E-state index >= 15 is 0 Å². The molecule has 2 heterocycles. The van der Waals surface area contributed by atoms with Crippen molar-refractivity contribution in [2.24, 2.45) is 0 Å². The first-order chi connectivity index (χ1) is 11.7. The van der Waals surface area contributed by atoms with Crippen molar-refractivity contribution in [3.05, 3.63) is 30.1 Å². The Bertz CT molecular complexity index is 534. The van der Waals surface area contributed by atoms with Crippen LogP contribution in [0.1, 0.15) is 25.7 Å². The van der Waals surface area contributed by atoms with E-state index in [0.717, 1.165) is 56.6 Å². The molecule has 6 heteroatoms. The molecule has 2 saturated heterocycles. The largest absolute Gasteiger partial charge is 0.379 e. The number of hydrogen-bond donors (Lipinski definition) is 1. The van der Waals surface area contributed by atoms with Crippen molar-refractivity contribution in [3.8, 4) is 0 Å². The molecule has 3 rings (SSSR count). The zero-order valence-corrected chi connectivity index (χ0v) is 14.9. The summed E-state index contributed by atoms with van der Waals surface area (Å²) < 4.78 is 18.4. The highest BCUT2D eigenvalue weighted by atomic mass is 32.1. The van der Waals surface area contributed by atoms with Gasteiger partial charge in [0.25, 0.3) is 0 Å². The van der Waals surface area contributed by atoms with Gasteiger partial charge in [0.1, 0.15) is 5.82 Å². The zero-order valence-electron chi connectivity index (χ0n) is 14.0. The number of thiocarbonyl (C=S) groups is 1. The summed E-state index contributed by atoms with van der Waals surface area (Å²) in [6.07, 6.45) is 4.77. The van der Waals surface area contributed by atoms with E-state index in [1.54, 1.807) is 12.1 Å². The van der Waals surface area contributed by atoms with Gasteiger partial charge < -0.3 is 15.0 Å². The number of rotatable bonds is 4. The first-order valence-electron chi connectivity index (χ1n) is 8.86. The minimum atomic E-state index is -0.229. The number of hydrogen-bond acceptors (Lipinski definition) is 3. The maximum atomic E-state index is 13.0. The summed E-state index contributed by atoms with van der Waals surface area (Å²) in [6.45, 7) is 5.86. The van der Waals surface area contributed by atoms with Crippen molar-refractivity contribution in [2.75, 3.05) is 44.7 Å². The van der Waals surface area contributed by atoms with Crippen molar-refractivity contribution < 1.29 is 9.13 Å². The van der Waals surface area contributed by atoms with Crippen molar-refractivity contribution in [3.63, 3.8) is 0 Å². The fourth-order valence-electron chi connectivity index (χ4n) is 3.45. The number of morpholine rings is 1. The highest BCUT2D eigenvalue weighted by Crippen LogP contribution is 2.22. The first kappa shape index (κ1) is 17.6. The van der Waals surface area contributed by atoms with E-state index in [1.165, 1.54) is 31.4 Å². The van der Waals surface area contributed by atoms with E-state index < -0.39 is 0 Å². The Morgan fingerprint density at radius 3 is 2.67 bits per heavy atom. The van der Waals surface area contributed by atoms with Crippen LogP contribution in [0.2, 0.25) is 0 Å². The molecule has 1 unspecified atom stereocenters. The van der Waals surface area contributed by atoms with Gasteiger partial charge in [0.15, 0.2) is 5.11 Å². The van der Waals surface area contributed by atoms with Crippen molar-refractivity contribution in [1.82, 2.24) is 9.80 Å². The molecule has 2 aliphatic heterocycles. The molecule has 24 heavy (non-hydrogen) atoms. The Morgan fingerprint density at radius 1 is 1.17 bits per heavy atom. The Hall–Kier alpha value is -1.24. The van der Waals surface area contributed by atoms with Gasteiger partial charge in [-0.05, 0) is 62.2 Å². The lowest BCUT2D eigenvalue weighted by atomic mass is 9.99. The van der Waals surface area contributed by atoms with Crippen LogP contribution >= 0.6 is 12.2 Å². The van der Waals surface area contributed by atoms with Crippen LogP contribution in [0.3, 0.4) is 0 Å². The molecular formula is C18H26FN3OS. The predicted molar refractivity (Wildman–Crippen MR) is 98.8 cm³/mol. The van der Waals surface area contributed by atoms with Gasteiger partial charge in [0.2, 0.25) is 0 Å². The second-order valence-corrected chi connectivity index (χ2v) is 6.91. The molecule has 0 amide bonds. The molecule has 1 aromatic carbocycles. The molecule has 0 radical (unpaired) electrons. The first-order valence-corrected chi connectivity index (χ1v) is 9.26. The molecule has 4 nitrogen and oxygen atoms in total. The number of anilines is 1. The summed E-state index contributed by atoms with van der Waals surface area (Å²) in [5, 5.41) is 4.02. The lowest BCUT2D eigenvalue weighted by molar-refractivity contribution is 0.0338. The standard InChI is InChI=1S/C18H26FN3OS/c19-15-4-6-16(7-5-15)20-18(24)22-9-2-1-3-17(22)8-10-21-11-13-23-14-12-21/h4-7,17H,1-3,8-14H2,(H,20,24). The Morgan fingerprint density at radius 2 is 1.92 bits per heavy atom. The molecule has 0 bridgehead atoms. The smallest absolute Gasteiger partial charge is 0.173 e. The van der Waals surface area contributed by atoms with Crippen LogP contribution in [0.5, 0.6) is 0 Å². The molecule has 0 aliphatic carbocycles. The monoisotopic (exact) mass is 351 g/mol. The maximum Gasteiger partial charge on any atom is 0.173 e. The van der Waals surface area contributed by atoms with E-state index in [9.17, 15) is 4.39 Å². The zero-order chi connectivity index (χ0) is 16.8. The Kier molecular flexibility index (Phi) is 6.40. The molecule has 2 fully saturated rings. The number of nitrogens with one attached hydrogen (secondary N) is 1. The lowest BCUT2D eigenvalue weighted by Crippen LogP contribution is -2.47. The van der Waals surface area contributed by atoms with Gasteiger partial charge in [-0.15, -0.1) is 0 Å². The number of halogens is 1. The van der Waals surface area contributed by atoms with Crippen LogP contribution in [0.4, 0.5) is 10.1 Å². The minimum Gasteiger partial charge on any atom is -0.379 e. The molecule has 1 atom stereocenters. The van der Waals surface area contributed by atoms with Crippen molar-refractivity contribution >= 4 is 23.0 Å². The van der Waals surface area contributed by atoms with Crippen LogP contribution in [0.15, 0.2) is 24.3 Å². The van der Waals surface area contributed by atoms with Crippen molar-refractivity contribution in [1.29, 1.82) is 0 Å². The highest BCUT2D eigenvalue weighted by molar-refractivity contribution is 7.80. The summed E-state index contributed by atoms with van der Waals surface area (Å²) in [4.78, 5) is 4.80.